The number of carbonyl (C=O) groups excluding carboxylic acids is 14. The van der Waals surface area contributed by atoms with Crippen molar-refractivity contribution in [3.8, 4) is 5.75 Å². The van der Waals surface area contributed by atoms with Gasteiger partial charge in [0.15, 0.2) is 11.9 Å². The highest BCUT2D eigenvalue weighted by Gasteiger charge is 2.53. The van der Waals surface area contributed by atoms with Gasteiger partial charge in [-0.3, -0.25) is 81.5 Å². The first-order valence-corrected chi connectivity index (χ1v) is 32.7. The number of aliphatic hydroxyl groups is 3. The Hall–Kier alpha value is -9.25. The van der Waals surface area contributed by atoms with Crippen LogP contribution in [0.15, 0.2) is 47.5 Å². The number of ether oxygens (including phenoxy) is 1. The summed E-state index contributed by atoms with van der Waals surface area (Å²) in [7, 11) is -2.48. The van der Waals surface area contributed by atoms with E-state index in [1.54, 1.807) is 58.9 Å². The van der Waals surface area contributed by atoms with Crippen molar-refractivity contribution in [2.24, 2.45) is 29.4 Å². The number of imide groups is 1. The van der Waals surface area contributed by atoms with E-state index in [1.165, 1.54) is 32.0 Å². The monoisotopic (exact) mass is 1360 g/mol. The smallest absolute Gasteiger partial charge is 0.247 e. The molecule has 33 nitrogen and oxygen atoms in total. The second kappa shape index (κ2) is 32.5. The predicted molar refractivity (Wildman–Crippen MR) is 339 cm³/mol. The fourth-order valence-electron chi connectivity index (χ4n) is 11.5. The molecule has 0 saturated carbocycles. The van der Waals surface area contributed by atoms with Crippen molar-refractivity contribution < 1.29 is 91.4 Å². The third-order valence-corrected chi connectivity index (χ3v) is 18.8. The van der Waals surface area contributed by atoms with Gasteiger partial charge in [0.05, 0.1) is 66.4 Å². The van der Waals surface area contributed by atoms with Crippen molar-refractivity contribution in [3.05, 3.63) is 53.6 Å². The quantitative estimate of drug-likeness (QED) is 0.0373. The number of H-pyrrole nitrogens is 1. The number of likely N-dealkylation sites (tertiary alicyclic amines) is 1. The molecule has 34 heteroatoms. The van der Waals surface area contributed by atoms with Gasteiger partial charge in [-0.25, -0.2) is 0 Å². The Kier molecular flexibility index (Phi) is 25.1. The number of aldehydes is 1. The molecule has 5 heterocycles. The SMILES string of the molecule is CC[C@H](C)[C@@H]1NC(=O)CNC(=O)C2Cc3c([nH]c4cc(OCc5ccc(NC(=O)[C@H](C)NC(=O)[C@@H](NC(=O)CCN6C(=O)CC(C)C6=O)C(C)C)cc5)ccc34)S(=O)CC(NC(=O)CNC1=O)C(=O)N[C@@H](CC(N)=O)C(=O)N1C[C@H](O)C[C@]1(C=O)N[C@@H]([C@@H](C)[C@@H](O)CO)C(=O)N2. The van der Waals surface area contributed by atoms with Crippen LogP contribution in [0.3, 0.4) is 0 Å². The Morgan fingerprint density at radius 2 is 1.50 bits per heavy atom. The summed E-state index contributed by atoms with van der Waals surface area (Å²) in [6, 6.07) is 0.00374. The fraction of sp³-hybridized carbons (Fsp3) is 0.548. The molecule has 1 aromatic heterocycles. The summed E-state index contributed by atoms with van der Waals surface area (Å²) in [5.74, 6) is -14.7. The maximum atomic E-state index is 15.2. The van der Waals surface area contributed by atoms with E-state index in [1.807, 2.05) is 0 Å². The Morgan fingerprint density at radius 1 is 0.823 bits per heavy atom. The number of primary amides is 1. The molecule has 4 aliphatic rings. The molecule has 13 amide bonds. The minimum absolute atomic E-state index is 0.0550. The van der Waals surface area contributed by atoms with Crippen molar-refractivity contribution in [3.63, 3.8) is 0 Å². The van der Waals surface area contributed by atoms with E-state index < -0.39 is 211 Å². The van der Waals surface area contributed by atoms with Crippen molar-refractivity contribution >= 4 is 110 Å². The van der Waals surface area contributed by atoms with E-state index in [4.69, 9.17) is 10.5 Å². The Morgan fingerprint density at radius 3 is 2.12 bits per heavy atom. The summed E-state index contributed by atoms with van der Waals surface area (Å²) < 4.78 is 21.4. The summed E-state index contributed by atoms with van der Waals surface area (Å²) in [5, 5.41) is 58.0. The highest BCUT2D eigenvalue weighted by atomic mass is 32.2. The first kappa shape index (κ1) is 74.1. The van der Waals surface area contributed by atoms with E-state index in [-0.39, 0.29) is 71.3 Å². The number of benzene rings is 2. The molecule has 2 bridgehead atoms. The van der Waals surface area contributed by atoms with Gasteiger partial charge in [0, 0.05) is 67.7 Å². The van der Waals surface area contributed by atoms with Gasteiger partial charge < -0.3 is 83.5 Å². The molecule has 14 atom stereocenters. The number of hydrogen-bond acceptors (Lipinski definition) is 20. The molecule has 0 spiro atoms. The molecule has 96 heavy (non-hydrogen) atoms. The number of aliphatic hydroxyl groups excluding tert-OH is 3. The van der Waals surface area contributed by atoms with Crippen molar-refractivity contribution in [2.75, 3.05) is 43.9 Å². The molecule has 0 radical (unpaired) electrons. The first-order chi connectivity index (χ1) is 45.4. The van der Waals surface area contributed by atoms with Gasteiger partial charge in [-0.15, -0.1) is 0 Å². The number of carbonyl (C=O) groups is 14. The maximum absolute atomic E-state index is 15.2. The molecule has 2 fully saturated rings. The second-order valence-electron chi connectivity index (χ2n) is 24.9. The minimum atomic E-state index is -2.48. The van der Waals surface area contributed by atoms with E-state index in [0.717, 1.165) is 9.80 Å². The molecule has 2 saturated heterocycles. The van der Waals surface area contributed by atoms with Gasteiger partial charge in [0.25, 0.3) is 0 Å². The Labute approximate surface area is 553 Å². The normalized spacial score (nSPS) is 25.8. The average molecular weight is 1360 g/mol. The zero-order chi connectivity index (χ0) is 70.6. The van der Waals surface area contributed by atoms with Gasteiger partial charge in [0.2, 0.25) is 76.8 Å². The molecule has 0 aliphatic carbocycles. The predicted octanol–water partition coefficient (Wildman–Crippen LogP) is -4.68. The number of hydrogen-bond donors (Lipinski definition) is 15. The molecule has 7 rings (SSSR count). The van der Waals surface area contributed by atoms with Crippen LogP contribution in [0.4, 0.5) is 5.69 Å². The lowest BCUT2D eigenvalue weighted by molar-refractivity contribution is -0.147. The molecule has 3 aromatic rings. The molecule has 4 unspecified atom stereocenters. The second-order valence-corrected chi connectivity index (χ2v) is 26.4. The number of aromatic amines is 1. The van der Waals surface area contributed by atoms with Crippen molar-refractivity contribution in [2.45, 2.75) is 159 Å². The molecular formula is C62H84N14O19S. The summed E-state index contributed by atoms with van der Waals surface area (Å²) >= 11 is 0. The van der Waals surface area contributed by atoms with Crippen LogP contribution in [0, 0.1) is 23.7 Å². The van der Waals surface area contributed by atoms with Crippen LogP contribution in [0.1, 0.15) is 91.7 Å². The first-order valence-electron chi connectivity index (χ1n) is 31.4. The van der Waals surface area contributed by atoms with E-state index >= 15 is 9.00 Å². The maximum Gasteiger partial charge on any atom is 0.247 e. The number of nitrogens with one attached hydrogen (secondary N) is 11. The third kappa shape index (κ3) is 18.2. The van der Waals surface area contributed by atoms with Crippen LogP contribution in [0.5, 0.6) is 5.75 Å². The number of anilines is 1. The zero-order valence-corrected chi connectivity index (χ0v) is 54.9. The molecule has 4 aliphatic heterocycles. The van der Waals surface area contributed by atoms with Crippen molar-refractivity contribution in [1.82, 2.24) is 62.6 Å². The van der Waals surface area contributed by atoms with Crippen LogP contribution < -0.4 is 63.6 Å². The highest BCUT2D eigenvalue weighted by Crippen LogP contribution is 2.33. The summed E-state index contributed by atoms with van der Waals surface area (Å²) in [6.45, 7) is 7.64. The number of nitrogens with two attached hydrogens (primary N) is 1. The standard InChI is InChI=1S/C62H84N14O19S/c1-8-30(4)51-56(89)65-22-47(83)68-43-27-96(94)59-39(19-41(54(87)64-23-48(84)73-51)69-58(91)52(32(6)44(80)25-77)74-62(28-78)21-36(79)24-76(62)61(93)42(20-45(63)81)70-55(43)88)38-14-13-37(18-40(38)71-59)95-26-34-9-11-35(12-10-34)67-53(86)33(7)66-57(90)50(29(2)3)72-46(82)15-16-75-49(85)17-31(5)60(75)92/h9-14,18,28-33,36,41-44,50-52,71,74,77,79-80H,8,15-17,19-27H2,1-7H3,(H2,63,81)(H,64,87)(H,65,89)(H,66,90)(H,67,86)(H,68,83)(H,69,91)(H,70,88)(H,72,82)(H,73,84)/t30-,31?,32-,33-,36+,41?,42-,43?,44-,50-,51-,52-,62-,96?/m0/s1. The van der Waals surface area contributed by atoms with Gasteiger partial charge in [-0.1, -0.05) is 60.1 Å². The molecule has 16 N–H and O–H groups in total. The van der Waals surface area contributed by atoms with E-state index in [2.05, 4.69) is 58.2 Å². The minimum Gasteiger partial charge on any atom is -0.489 e. The summed E-state index contributed by atoms with van der Waals surface area (Å²) in [4.78, 5) is 196. The third-order valence-electron chi connectivity index (χ3n) is 17.3. The molecule has 2 aromatic carbocycles. The van der Waals surface area contributed by atoms with Gasteiger partial charge in [0.1, 0.15) is 53.6 Å². The lowest BCUT2D eigenvalue weighted by atomic mass is 9.92. The van der Waals surface area contributed by atoms with Gasteiger partial charge >= 0.3 is 0 Å². The summed E-state index contributed by atoms with van der Waals surface area (Å²) in [6.07, 6.45) is -5.09. The average Bonchev–Trinajstić information content (AvgIpc) is 1.63. The number of nitrogens with zero attached hydrogens (tertiary/aromatic N) is 2. The van der Waals surface area contributed by atoms with Gasteiger partial charge in [-0.2, -0.15) is 0 Å². The fourth-order valence-corrected chi connectivity index (χ4v) is 12.9. The van der Waals surface area contributed by atoms with Crippen LogP contribution in [0.25, 0.3) is 10.9 Å². The van der Waals surface area contributed by atoms with Crippen LogP contribution in [-0.2, 0) is 91.0 Å². The van der Waals surface area contributed by atoms with Crippen molar-refractivity contribution in [1.29, 1.82) is 0 Å². The Balaban J connectivity index is 1.20. The van der Waals surface area contributed by atoms with Crippen LogP contribution in [0.2, 0.25) is 0 Å². The Bertz CT molecular complexity index is 3530. The highest BCUT2D eigenvalue weighted by molar-refractivity contribution is 7.85. The van der Waals surface area contributed by atoms with E-state index in [9.17, 15) is 77.6 Å². The lowest BCUT2D eigenvalue weighted by Crippen LogP contribution is -2.69. The molecule has 522 valence electrons. The number of rotatable bonds is 20. The lowest BCUT2D eigenvalue weighted by Gasteiger charge is -2.41. The largest absolute Gasteiger partial charge is 0.489 e. The number of amides is 13. The van der Waals surface area contributed by atoms with Crippen LogP contribution in [-0.4, -0.2) is 216 Å². The zero-order valence-electron chi connectivity index (χ0n) is 54.1. The topological polar surface area (TPSA) is 495 Å². The molecular weight excluding hydrogens is 1280 g/mol. The van der Waals surface area contributed by atoms with Gasteiger partial charge in [-0.05, 0) is 54.2 Å². The number of fused-ring (bicyclic) bond motifs is 5. The number of aromatic nitrogens is 1. The summed E-state index contributed by atoms with van der Waals surface area (Å²) in [5.41, 5.74) is 4.39. The van der Waals surface area contributed by atoms with E-state index in [0.29, 0.717) is 17.7 Å². The van der Waals surface area contributed by atoms with Crippen LogP contribution >= 0.6 is 0 Å².